The van der Waals surface area contributed by atoms with Crippen molar-refractivity contribution in [2.75, 3.05) is 75.1 Å². The average Bonchev–Trinajstić information content (AvgIpc) is 3.61. The van der Waals surface area contributed by atoms with Crippen LogP contribution in [-0.2, 0) is 0 Å². The van der Waals surface area contributed by atoms with E-state index in [9.17, 15) is 5.11 Å². The van der Waals surface area contributed by atoms with Crippen LogP contribution in [0.1, 0.15) is 0 Å². The highest BCUT2D eigenvalue weighted by Crippen LogP contribution is 2.21. The van der Waals surface area contributed by atoms with Gasteiger partial charge in [-0.1, -0.05) is 0 Å². The molecule has 0 aliphatic carbocycles. The Morgan fingerprint density at radius 1 is 1.11 bits per heavy atom. The van der Waals surface area contributed by atoms with Gasteiger partial charge >= 0.3 is 0 Å². The van der Waals surface area contributed by atoms with E-state index in [1.54, 1.807) is 18.4 Å². The lowest BCUT2D eigenvalue weighted by Gasteiger charge is -2.36. The number of benzene rings is 1. The second-order valence-corrected chi connectivity index (χ2v) is 8.90. The van der Waals surface area contributed by atoms with Gasteiger partial charge in [-0.05, 0) is 36.4 Å². The lowest BCUT2D eigenvalue weighted by atomic mass is 10.2. The summed E-state index contributed by atoms with van der Waals surface area (Å²) in [5.41, 5.74) is 7.25. The number of likely N-dealkylation sites (N-methyl/N-ethyl adjacent to an activating group) is 1. The second kappa shape index (κ2) is 11.0. The molecule has 0 radical (unpaired) electrons. The number of hydrogen-bond acceptors (Lipinski definition) is 12. The van der Waals surface area contributed by atoms with Crippen LogP contribution in [0, 0.1) is 0 Å². The van der Waals surface area contributed by atoms with Gasteiger partial charge in [-0.25, -0.2) is 0 Å². The third-order valence-electron chi connectivity index (χ3n) is 6.28. The molecule has 13 heteroatoms. The first-order valence-corrected chi connectivity index (χ1v) is 12.1. The molecule has 4 aromatic rings. The van der Waals surface area contributed by atoms with Crippen LogP contribution in [0.5, 0.6) is 5.75 Å². The van der Waals surface area contributed by atoms with E-state index in [4.69, 9.17) is 20.0 Å². The maximum Gasteiger partial charge on any atom is 0.259 e. The van der Waals surface area contributed by atoms with Crippen molar-refractivity contribution < 1.29 is 19.4 Å². The maximum atomic E-state index is 9.42. The summed E-state index contributed by atoms with van der Waals surface area (Å²) in [6, 6.07) is 11.4. The molecule has 4 heterocycles. The molecular formula is C24H31N9O4. The summed E-state index contributed by atoms with van der Waals surface area (Å²) in [4.78, 5) is 20.1. The van der Waals surface area contributed by atoms with Crippen molar-refractivity contribution in [3.05, 3.63) is 42.7 Å². The molecule has 13 nitrogen and oxygen atoms in total. The van der Waals surface area contributed by atoms with Gasteiger partial charge in [0.15, 0.2) is 5.76 Å². The van der Waals surface area contributed by atoms with E-state index >= 15 is 0 Å². The van der Waals surface area contributed by atoms with Crippen molar-refractivity contribution in [3.8, 4) is 17.3 Å². The fraction of sp³-hybridized carbons (Fsp3) is 0.417. The van der Waals surface area contributed by atoms with E-state index in [2.05, 4.69) is 29.9 Å². The van der Waals surface area contributed by atoms with Gasteiger partial charge < -0.3 is 34.9 Å². The Morgan fingerprint density at radius 2 is 1.89 bits per heavy atom. The van der Waals surface area contributed by atoms with Crippen LogP contribution in [0.25, 0.3) is 17.4 Å². The molecule has 5 rings (SSSR count). The smallest absolute Gasteiger partial charge is 0.259 e. The molecule has 1 atom stereocenters. The Kier molecular flexibility index (Phi) is 7.35. The van der Waals surface area contributed by atoms with Crippen LogP contribution >= 0.6 is 0 Å². The third kappa shape index (κ3) is 5.74. The number of nitrogen functional groups attached to an aromatic ring is 1. The number of hydrogen-bond donors (Lipinski definition) is 3. The highest BCUT2D eigenvalue weighted by atomic mass is 16.5. The summed E-state index contributed by atoms with van der Waals surface area (Å²) in [5, 5.41) is 22.6. The van der Waals surface area contributed by atoms with Crippen LogP contribution in [0.4, 0.5) is 17.6 Å². The number of piperazine rings is 1. The van der Waals surface area contributed by atoms with Crippen LogP contribution in [0.2, 0.25) is 0 Å². The quantitative estimate of drug-likeness (QED) is 0.270. The van der Waals surface area contributed by atoms with Gasteiger partial charge in [-0.15, -0.1) is 5.10 Å². The highest BCUT2D eigenvalue weighted by molar-refractivity contribution is 5.53. The molecule has 1 fully saturated rings. The van der Waals surface area contributed by atoms with Crippen LogP contribution < -0.4 is 20.3 Å². The van der Waals surface area contributed by atoms with Gasteiger partial charge in [0.2, 0.25) is 17.7 Å². The predicted octanol–water partition coefficient (Wildman–Crippen LogP) is 0.352. The Labute approximate surface area is 213 Å². The van der Waals surface area contributed by atoms with E-state index in [0.717, 1.165) is 45.0 Å². The molecule has 37 heavy (non-hydrogen) atoms. The summed E-state index contributed by atoms with van der Waals surface area (Å²) in [6.45, 7) is 5.06. The minimum atomic E-state index is -0.874. The molecule has 0 amide bonds. The number of furan rings is 1. The first-order chi connectivity index (χ1) is 18.0. The molecule has 1 aromatic carbocycles. The number of anilines is 3. The van der Waals surface area contributed by atoms with Gasteiger partial charge in [-0.3, -0.25) is 4.90 Å². The Balaban J connectivity index is 1.12. The standard InChI is InChI=1S/C24H31N9O4/c1-30(23-27-22(25)33-24(28-23)26-21(29-33)20-3-2-14-36-20)8-9-31-10-12-32(13-11-31)17-4-6-19(7-5-17)37-16-18(35)15-34/h2-7,14,18,34-35H,8-13,15-16H2,1H3,(H2,25,26,27,28,29). The number of fused-ring (bicyclic) bond motifs is 1. The van der Waals surface area contributed by atoms with Crippen molar-refractivity contribution in [2.24, 2.45) is 0 Å². The van der Waals surface area contributed by atoms with E-state index < -0.39 is 6.10 Å². The van der Waals surface area contributed by atoms with Crippen molar-refractivity contribution in [3.63, 3.8) is 0 Å². The number of ether oxygens (including phenoxy) is 1. The molecule has 0 spiro atoms. The van der Waals surface area contributed by atoms with E-state index in [1.165, 1.54) is 4.52 Å². The zero-order valence-corrected chi connectivity index (χ0v) is 20.6. The molecule has 0 bridgehead atoms. The van der Waals surface area contributed by atoms with Crippen molar-refractivity contribution in [1.82, 2.24) is 29.5 Å². The van der Waals surface area contributed by atoms with Crippen molar-refractivity contribution >= 4 is 23.4 Å². The summed E-state index contributed by atoms with van der Waals surface area (Å²) in [6.07, 6.45) is 0.691. The van der Waals surface area contributed by atoms with E-state index in [-0.39, 0.29) is 19.2 Å². The molecule has 1 unspecified atom stereocenters. The molecule has 4 N–H and O–H groups in total. The molecule has 1 saturated heterocycles. The molecule has 1 aliphatic heterocycles. The maximum absolute atomic E-state index is 9.42. The first kappa shape index (κ1) is 24.7. The van der Waals surface area contributed by atoms with Crippen LogP contribution in [0.3, 0.4) is 0 Å². The summed E-state index contributed by atoms with van der Waals surface area (Å²) < 4.78 is 12.3. The van der Waals surface area contributed by atoms with Gasteiger partial charge in [0.25, 0.3) is 5.78 Å². The summed E-state index contributed by atoms with van der Waals surface area (Å²) >= 11 is 0. The Morgan fingerprint density at radius 3 is 2.59 bits per heavy atom. The van der Waals surface area contributed by atoms with Gasteiger partial charge in [-0.2, -0.15) is 19.5 Å². The highest BCUT2D eigenvalue weighted by Gasteiger charge is 2.19. The minimum absolute atomic E-state index is 0.0689. The second-order valence-electron chi connectivity index (χ2n) is 8.90. The molecule has 196 valence electrons. The number of nitrogens with zero attached hydrogens (tertiary/aromatic N) is 8. The molecule has 3 aromatic heterocycles. The summed E-state index contributed by atoms with van der Waals surface area (Å²) in [5.74, 6) is 2.70. The Bertz CT molecular complexity index is 1290. The van der Waals surface area contributed by atoms with Crippen LogP contribution in [0.15, 0.2) is 47.1 Å². The zero-order chi connectivity index (χ0) is 25.8. The van der Waals surface area contributed by atoms with Gasteiger partial charge in [0, 0.05) is 52.0 Å². The van der Waals surface area contributed by atoms with Crippen molar-refractivity contribution in [1.29, 1.82) is 0 Å². The fourth-order valence-corrected chi connectivity index (χ4v) is 4.09. The largest absolute Gasteiger partial charge is 0.491 e. The summed E-state index contributed by atoms with van der Waals surface area (Å²) in [7, 11) is 1.94. The van der Waals surface area contributed by atoms with Gasteiger partial charge in [0.05, 0.1) is 12.9 Å². The number of aromatic nitrogens is 5. The fourth-order valence-electron chi connectivity index (χ4n) is 4.09. The number of rotatable bonds is 10. The van der Waals surface area contributed by atoms with Crippen LogP contribution in [-0.4, -0.2) is 105 Å². The predicted molar refractivity (Wildman–Crippen MR) is 138 cm³/mol. The normalized spacial score (nSPS) is 15.3. The molecular weight excluding hydrogens is 478 g/mol. The Hall–Kier alpha value is -3.94. The lowest BCUT2D eigenvalue weighted by molar-refractivity contribution is 0.0536. The van der Waals surface area contributed by atoms with E-state index in [1.807, 2.05) is 36.2 Å². The monoisotopic (exact) mass is 509 g/mol. The number of nitrogens with two attached hydrogens (primary N) is 1. The average molecular weight is 510 g/mol. The third-order valence-corrected chi connectivity index (χ3v) is 6.28. The number of aliphatic hydroxyl groups is 2. The number of aliphatic hydroxyl groups excluding tert-OH is 2. The molecule has 1 aliphatic rings. The molecule has 0 saturated carbocycles. The van der Waals surface area contributed by atoms with E-state index in [0.29, 0.717) is 29.1 Å². The minimum Gasteiger partial charge on any atom is -0.491 e. The topological polar surface area (TPSA) is 155 Å². The van der Waals surface area contributed by atoms with Gasteiger partial charge in [0.1, 0.15) is 18.5 Å². The first-order valence-electron chi connectivity index (χ1n) is 12.1. The SMILES string of the molecule is CN(CCN1CCN(c2ccc(OCC(O)CO)cc2)CC1)c1nc(N)n2nc(-c3ccco3)nc2n1. The lowest BCUT2D eigenvalue weighted by Crippen LogP contribution is -2.48. The zero-order valence-electron chi connectivity index (χ0n) is 20.6. The van der Waals surface area contributed by atoms with Crippen molar-refractivity contribution in [2.45, 2.75) is 6.10 Å².